The SMILES string of the molecule is CCOCCNC(=NC)NCC1(c2cccc(Br)c2)CC1.I. The minimum Gasteiger partial charge on any atom is -0.380 e. The van der Waals surface area contributed by atoms with Gasteiger partial charge in [0.2, 0.25) is 0 Å². The summed E-state index contributed by atoms with van der Waals surface area (Å²) in [5.74, 6) is 0.843. The van der Waals surface area contributed by atoms with Crippen LogP contribution < -0.4 is 10.6 Å². The van der Waals surface area contributed by atoms with Crippen LogP contribution in [0.15, 0.2) is 33.7 Å². The molecule has 0 saturated heterocycles. The molecule has 0 aliphatic heterocycles. The van der Waals surface area contributed by atoms with Gasteiger partial charge >= 0.3 is 0 Å². The zero-order valence-corrected chi connectivity index (χ0v) is 17.1. The molecule has 0 amide bonds. The number of rotatable bonds is 7. The molecule has 0 atom stereocenters. The average molecular weight is 482 g/mol. The number of halogens is 2. The third kappa shape index (κ3) is 5.70. The fraction of sp³-hybridized carbons (Fsp3) is 0.562. The first kappa shape index (κ1) is 19.7. The van der Waals surface area contributed by atoms with Crippen LogP contribution in [0.2, 0.25) is 0 Å². The van der Waals surface area contributed by atoms with Crippen molar-refractivity contribution in [2.24, 2.45) is 4.99 Å². The number of nitrogens with one attached hydrogen (secondary N) is 2. The summed E-state index contributed by atoms with van der Waals surface area (Å²) in [5.41, 5.74) is 1.66. The van der Waals surface area contributed by atoms with Crippen LogP contribution >= 0.6 is 39.9 Å². The fourth-order valence-corrected chi connectivity index (χ4v) is 2.80. The second-order valence-electron chi connectivity index (χ2n) is 5.34. The van der Waals surface area contributed by atoms with Gasteiger partial charge < -0.3 is 15.4 Å². The Morgan fingerprint density at radius 1 is 1.36 bits per heavy atom. The number of ether oxygens (including phenoxy) is 1. The van der Waals surface area contributed by atoms with E-state index in [1.165, 1.54) is 18.4 Å². The van der Waals surface area contributed by atoms with E-state index in [4.69, 9.17) is 4.74 Å². The van der Waals surface area contributed by atoms with Gasteiger partial charge in [-0.3, -0.25) is 4.99 Å². The summed E-state index contributed by atoms with van der Waals surface area (Å²) in [5, 5.41) is 6.71. The first-order valence-corrected chi connectivity index (χ1v) is 8.28. The van der Waals surface area contributed by atoms with E-state index in [1.54, 1.807) is 7.05 Å². The molecule has 0 unspecified atom stereocenters. The highest BCUT2D eigenvalue weighted by Crippen LogP contribution is 2.48. The number of guanidine groups is 1. The Hall–Kier alpha value is -0.340. The highest BCUT2D eigenvalue weighted by Gasteiger charge is 2.44. The monoisotopic (exact) mass is 481 g/mol. The second kappa shape index (κ2) is 9.72. The Labute approximate surface area is 158 Å². The largest absolute Gasteiger partial charge is 0.380 e. The van der Waals surface area contributed by atoms with E-state index in [-0.39, 0.29) is 29.4 Å². The Morgan fingerprint density at radius 3 is 2.73 bits per heavy atom. The molecular formula is C16H25BrIN3O. The molecule has 2 N–H and O–H groups in total. The van der Waals surface area contributed by atoms with Gasteiger partial charge in [0.15, 0.2) is 5.96 Å². The van der Waals surface area contributed by atoms with Gasteiger partial charge in [0.25, 0.3) is 0 Å². The summed E-state index contributed by atoms with van der Waals surface area (Å²) in [7, 11) is 1.80. The summed E-state index contributed by atoms with van der Waals surface area (Å²) in [4.78, 5) is 4.26. The number of hydrogen-bond donors (Lipinski definition) is 2. The Morgan fingerprint density at radius 2 is 2.14 bits per heavy atom. The molecule has 1 aromatic carbocycles. The summed E-state index contributed by atoms with van der Waals surface area (Å²) in [6, 6.07) is 8.61. The Balaban J connectivity index is 0.00000242. The van der Waals surface area contributed by atoms with Gasteiger partial charge in [0, 0.05) is 36.6 Å². The van der Waals surface area contributed by atoms with Crippen molar-refractivity contribution in [3.05, 3.63) is 34.3 Å². The van der Waals surface area contributed by atoms with Crippen molar-refractivity contribution in [3.8, 4) is 0 Å². The molecule has 0 heterocycles. The average Bonchev–Trinajstić information content (AvgIpc) is 3.28. The molecule has 1 saturated carbocycles. The molecule has 2 rings (SSSR count). The van der Waals surface area contributed by atoms with Crippen molar-refractivity contribution in [2.45, 2.75) is 25.2 Å². The van der Waals surface area contributed by atoms with Crippen LogP contribution in [0.1, 0.15) is 25.3 Å². The zero-order valence-electron chi connectivity index (χ0n) is 13.2. The zero-order chi connectivity index (χ0) is 15.1. The molecule has 0 spiro atoms. The fourth-order valence-electron chi connectivity index (χ4n) is 2.40. The van der Waals surface area contributed by atoms with E-state index in [1.807, 2.05) is 6.92 Å². The Kier molecular flexibility index (Phi) is 8.71. The van der Waals surface area contributed by atoms with E-state index in [0.717, 1.165) is 30.1 Å². The van der Waals surface area contributed by atoms with Crippen LogP contribution in [0.5, 0.6) is 0 Å². The molecule has 0 bridgehead atoms. The molecule has 1 aliphatic rings. The van der Waals surface area contributed by atoms with Crippen molar-refractivity contribution in [1.29, 1.82) is 0 Å². The minimum absolute atomic E-state index is 0. The lowest BCUT2D eigenvalue weighted by Gasteiger charge is -2.19. The standard InChI is InChI=1S/C16H24BrN3O.HI/c1-3-21-10-9-19-15(18-2)20-12-16(7-8-16)13-5-4-6-14(17)11-13;/h4-6,11H,3,7-10,12H2,1-2H3,(H2,18,19,20);1H. The van der Waals surface area contributed by atoms with E-state index in [9.17, 15) is 0 Å². The van der Waals surface area contributed by atoms with Gasteiger partial charge in [-0.15, -0.1) is 24.0 Å². The normalized spacial score (nSPS) is 15.9. The molecule has 0 aromatic heterocycles. The maximum Gasteiger partial charge on any atom is 0.191 e. The maximum absolute atomic E-state index is 5.32. The summed E-state index contributed by atoms with van der Waals surface area (Å²) >= 11 is 3.55. The smallest absolute Gasteiger partial charge is 0.191 e. The Bertz CT molecular complexity index is 492. The lowest BCUT2D eigenvalue weighted by molar-refractivity contribution is 0.152. The molecule has 4 nitrogen and oxygen atoms in total. The quantitative estimate of drug-likeness (QED) is 0.272. The van der Waals surface area contributed by atoms with Gasteiger partial charge in [0.1, 0.15) is 0 Å². The molecular weight excluding hydrogens is 457 g/mol. The second-order valence-corrected chi connectivity index (χ2v) is 6.26. The van der Waals surface area contributed by atoms with E-state index in [0.29, 0.717) is 6.61 Å². The molecule has 6 heteroatoms. The summed E-state index contributed by atoms with van der Waals surface area (Å²) in [6.07, 6.45) is 2.46. The summed E-state index contributed by atoms with van der Waals surface area (Å²) < 4.78 is 6.46. The van der Waals surface area contributed by atoms with Crippen molar-refractivity contribution in [1.82, 2.24) is 10.6 Å². The van der Waals surface area contributed by atoms with E-state index >= 15 is 0 Å². The topological polar surface area (TPSA) is 45.6 Å². The summed E-state index contributed by atoms with van der Waals surface area (Å²) in [6.45, 7) is 5.14. The van der Waals surface area contributed by atoms with Gasteiger partial charge in [-0.05, 0) is 37.5 Å². The van der Waals surface area contributed by atoms with Crippen LogP contribution in [-0.2, 0) is 10.2 Å². The molecule has 1 fully saturated rings. The number of aliphatic imine (C=N–C) groups is 1. The number of hydrogen-bond acceptors (Lipinski definition) is 2. The lowest BCUT2D eigenvalue weighted by Crippen LogP contribution is -2.42. The third-order valence-electron chi connectivity index (χ3n) is 3.85. The van der Waals surface area contributed by atoms with Crippen molar-refractivity contribution < 1.29 is 4.74 Å². The van der Waals surface area contributed by atoms with Gasteiger partial charge in [0.05, 0.1) is 6.61 Å². The van der Waals surface area contributed by atoms with Gasteiger partial charge in [-0.2, -0.15) is 0 Å². The predicted molar refractivity (Wildman–Crippen MR) is 106 cm³/mol. The predicted octanol–water partition coefficient (Wildman–Crippen LogP) is 3.30. The van der Waals surface area contributed by atoms with Crippen molar-refractivity contribution >= 4 is 45.9 Å². The lowest BCUT2D eigenvalue weighted by atomic mass is 9.96. The third-order valence-corrected chi connectivity index (χ3v) is 4.34. The van der Waals surface area contributed by atoms with Crippen LogP contribution in [0.4, 0.5) is 0 Å². The van der Waals surface area contributed by atoms with Crippen LogP contribution in [-0.4, -0.2) is 39.3 Å². The molecule has 1 aliphatic carbocycles. The minimum atomic E-state index is 0. The highest BCUT2D eigenvalue weighted by molar-refractivity contribution is 14.0. The van der Waals surface area contributed by atoms with Crippen LogP contribution in [0.3, 0.4) is 0 Å². The van der Waals surface area contributed by atoms with Crippen molar-refractivity contribution in [2.75, 3.05) is 33.4 Å². The van der Waals surface area contributed by atoms with Gasteiger partial charge in [-0.1, -0.05) is 28.1 Å². The highest BCUT2D eigenvalue weighted by atomic mass is 127. The molecule has 1 aromatic rings. The molecule has 22 heavy (non-hydrogen) atoms. The van der Waals surface area contributed by atoms with E-state index in [2.05, 4.69) is 55.8 Å². The van der Waals surface area contributed by atoms with Crippen LogP contribution in [0.25, 0.3) is 0 Å². The molecule has 0 radical (unpaired) electrons. The number of nitrogens with zero attached hydrogens (tertiary/aromatic N) is 1. The first-order valence-electron chi connectivity index (χ1n) is 7.48. The molecule has 124 valence electrons. The van der Waals surface area contributed by atoms with E-state index < -0.39 is 0 Å². The van der Waals surface area contributed by atoms with Gasteiger partial charge in [-0.25, -0.2) is 0 Å². The number of benzene rings is 1. The van der Waals surface area contributed by atoms with Crippen LogP contribution in [0, 0.1) is 0 Å². The maximum atomic E-state index is 5.32. The van der Waals surface area contributed by atoms with Crippen molar-refractivity contribution in [3.63, 3.8) is 0 Å². The first-order chi connectivity index (χ1) is 10.2.